The molecule has 4 rings (SSSR count). The van der Waals surface area contributed by atoms with E-state index >= 15 is 0 Å². The number of imidazole rings is 1. The molecule has 1 aromatic carbocycles. The van der Waals surface area contributed by atoms with Crippen molar-refractivity contribution in [3.63, 3.8) is 0 Å². The van der Waals surface area contributed by atoms with Crippen molar-refractivity contribution >= 4 is 10.9 Å². The standard InChI is InChI=1S/C19H23N5O2/c25-13-12-24-18(21-16-5-2-1-4-15(16)19(24)26)17-6-3-8-23(17)11-10-22-9-7-20-14-22/h1-2,4-5,7,9,14,17,25H,3,6,8,10-13H2. The normalized spacial score (nSPS) is 18.0. The summed E-state index contributed by atoms with van der Waals surface area (Å²) in [6.07, 6.45) is 7.61. The van der Waals surface area contributed by atoms with Crippen LogP contribution in [-0.2, 0) is 13.1 Å². The quantitative estimate of drug-likeness (QED) is 0.725. The molecular formula is C19H23N5O2. The number of hydrogen-bond acceptors (Lipinski definition) is 5. The van der Waals surface area contributed by atoms with E-state index < -0.39 is 0 Å². The predicted octanol–water partition coefficient (Wildman–Crippen LogP) is 1.42. The highest BCUT2D eigenvalue weighted by molar-refractivity contribution is 5.77. The van der Waals surface area contributed by atoms with Gasteiger partial charge in [-0.1, -0.05) is 12.1 Å². The summed E-state index contributed by atoms with van der Waals surface area (Å²) in [5.41, 5.74) is 0.657. The van der Waals surface area contributed by atoms with Crippen LogP contribution >= 0.6 is 0 Å². The number of fused-ring (bicyclic) bond motifs is 1. The molecule has 0 spiro atoms. The van der Waals surface area contributed by atoms with Crippen molar-refractivity contribution in [2.45, 2.75) is 32.0 Å². The number of rotatable bonds is 6. The highest BCUT2D eigenvalue weighted by Crippen LogP contribution is 2.30. The second-order valence-electron chi connectivity index (χ2n) is 6.66. The molecule has 7 heteroatoms. The SMILES string of the molecule is O=c1c2ccccc2nc(C2CCCN2CCn2ccnc2)n1CCO. The fourth-order valence-electron chi connectivity index (χ4n) is 3.80. The Labute approximate surface area is 151 Å². The van der Waals surface area contributed by atoms with Crippen LogP contribution in [0.5, 0.6) is 0 Å². The summed E-state index contributed by atoms with van der Waals surface area (Å²) in [5, 5.41) is 10.1. The van der Waals surface area contributed by atoms with Crippen LogP contribution in [-0.4, -0.2) is 48.8 Å². The maximum Gasteiger partial charge on any atom is 0.261 e. The van der Waals surface area contributed by atoms with Crippen molar-refractivity contribution in [2.24, 2.45) is 0 Å². The van der Waals surface area contributed by atoms with E-state index in [9.17, 15) is 9.90 Å². The van der Waals surface area contributed by atoms with E-state index in [1.165, 1.54) is 0 Å². The molecule has 26 heavy (non-hydrogen) atoms. The van der Waals surface area contributed by atoms with Crippen molar-refractivity contribution in [1.82, 2.24) is 24.0 Å². The highest BCUT2D eigenvalue weighted by Gasteiger charge is 2.30. The second kappa shape index (κ2) is 7.39. The number of hydrogen-bond donors (Lipinski definition) is 1. The number of aliphatic hydroxyl groups is 1. The van der Waals surface area contributed by atoms with Crippen LogP contribution in [0.1, 0.15) is 24.7 Å². The van der Waals surface area contributed by atoms with E-state index in [4.69, 9.17) is 4.98 Å². The van der Waals surface area contributed by atoms with Crippen LogP contribution in [0.3, 0.4) is 0 Å². The van der Waals surface area contributed by atoms with E-state index in [-0.39, 0.29) is 24.8 Å². The summed E-state index contributed by atoms with van der Waals surface area (Å²) in [7, 11) is 0. The van der Waals surface area contributed by atoms with Gasteiger partial charge in [-0.2, -0.15) is 0 Å². The van der Waals surface area contributed by atoms with E-state index in [1.807, 2.05) is 30.7 Å². The first-order chi connectivity index (χ1) is 12.8. The van der Waals surface area contributed by atoms with Gasteiger partial charge in [0.2, 0.25) is 0 Å². The highest BCUT2D eigenvalue weighted by atomic mass is 16.3. The third-order valence-corrected chi connectivity index (χ3v) is 5.08. The molecule has 3 heterocycles. The molecule has 7 nitrogen and oxygen atoms in total. The van der Waals surface area contributed by atoms with Crippen molar-refractivity contribution < 1.29 is 5.11 Å². The van der Waals surface area contributed by atoms with Gasteiger partial charge in [0.1, 0.15) is 5.82 Å². The van der Waals surface area contributed by atoms with Gasteiger partial charge < -0.3 is 9.67 Å². The average Bonchev–Trinajstić information content (AvgIpc) is 3.33. The summed E-state index contributed by atoms with van der Waals surface area (Å²) in [5.74, 6) is 0.769. The molecule has 3 aromatic rings. The lowest BCUT2D eigenvalue weighted by molar-refractivity contribution is 0.223. The minimum absolute atomic E-state index is 0.0684. The number of likely N-dealkylation sites (tertiary alicyclic amines) is 1. The third kappa shape index (κ3) is 3.15. The van der Waals surface area contributed by atoms with Crippen molar-refractivity contribution in [1.29, 1.82) is 0 Å². The van der Waals surface area contributed by atoms with Crippen LogP contribution in [0.4, 0.5) is 0 Å². The smallest absolute Gasteiger partial charge is 0.261 e. The zero-order chi connectivity index (χ0) is 17.9. The van der Waals surface area contributed by atoms with E-state index in [0.29, 0.717) is 5.39 Å². The Hall–Kier alpha value is -2.51. The summed E-state index contributed by atoms with van der Waals surface area (Å²) < 4.78 is 3.71. The topological polar surface area (TPSA) is 76.2 Å². The van der Waals surface area contributed by atoms with Gasteiger partial charge in [0.25, 0.3) is 5.56 Å². The van der Waals surface area contributed by atoms with Crippen LogP contribution in [0.25, 0.3) is 10.9 Å². The molecule has 1 aliphatic rings. The minimum Gasteiger partial charge on any atom is -0.395 e. The van der Waals surface area contributed by atoms with Crippen LogP contribution in [0.2, 0.25) is 0 Å². The zero-order valence-corrected chi connectivity index (χ0v) is 14.7. The van der Waals surface area contributed by atoms with Gasteiger partial charge >= 0.3 is 0 Å². The van der Waals surface area contributed by atoms with Gasteiger partial charge in [-0.25, -0.2) is 9.97 Å². The molecule has 1 aliphatic heterocycles. The fraction of sp³-hybridized carbons (Fsp3) is 0.421. The average molecular weight is 353 g/mol. The van der Waals surface area contributed by atoms with Crippen LogP contribution in [0, 0.1) is 0 Å². The molecule has 0 radical (unpaired) electrons. The Morgan fingerprint density at radius 1 is 1.19 bits per heavy atom. The van der Waals surface area contributed by atoms with Gasteiger partial charge in [0.05, 0.1) is 36.4 Å². The number of aliphatic hydroxyl groups excluding tert-OH is 1. The van der Waals surface area contributed by atoms with Crippen LogP contribution < -0.4 is 5.56 Å². The molecule has 1 unspecified atom stereocenters. The van der Waals surface area contributed by atoms with Gasteiger partial charge in [-0.05, 0) is 31.5 Å². The Morgan fingerprint density at radius 2 is 2.08 bits per heavy atom. The van der Waals surface area contributed by atoms with Gasteiger partial charge in [0.15, 0.2) is 0 Å². The van der Waals surface area contributed by atoms with Gasteiger partial charge in [-0.15, -0.1) is 0 Å². The molecule has 1 fully saturated rings. The van der Waals surface area contributed by atoms with Crippen molar-refractivity contribution in [2.75, 3.05) is 19.7 Å². The van der Waals surface area contributed by atoms with Gasteiger partial charge in [0, 0.05) is 25.5 Å². The largest absolute Gasteiger partial charge is 0.395 e. The summed E-state index contributed by atoms with van der Waals surface area (Å²) in [6, 6.07) is 7.53. The first-order valence-electron chi connectivity index (χ1n) is 9.08. The molecule has 136 valence electrons. The van der Waals surface area contributed by atoms with E-state index in [0.717, 1.165) is 43.8 Å². The maximum absolute atomic E-state index is 12.9. The number of para-hydroxylation sites is 1. The molecule has 0 aliphatic carbocycles. The Balaban J connectivity index is 1.69. The lowest BCUT2D eigenvalue weighted by atomic mass is 10.1. The Morgan fingerprint density at radius 3 is 2.88 bits per heavy atom. The summed E-state index contributed by atoms with van der Waals surface area (Å²) in [4.78, 5) is 24.2. The van der Waals surface area contributed by atoms with Crippen molar-refractivity contribution in [3.05, 3.63) is 59.2 Å². The molecule has 1 saturated heterocycles. The van der Waals surface area contributed by atoms with Gasteiger partial charge in [-0.3, -0.25) is 14.3 Å². The Bertz CT molecular complexity index is 935. The third-order valence-electron chi connectivity index (χ3n) is 5.08. The van der Waals surface area contributed by atoms with E-state index in [1.54, 1.807) is 16.8 Å². The number of benzene rings is 1. The fourth-order valence-corrected chi connectivity index (χ4v) is 3.80. The molecule has 1 atom stereocenters. The second-order valence-corrected chi connectivity index (χ2v) is 6.66. The first kappa shape index (κ1) is 16.9. The number of aromatic nitrogens is 4. The minimum atomic E-state index is -0.0747. The number of nitrogens with zero attached hydrogens (tertiary/aromatic N) is 5. The van der Waals surface area contributed by atoms with Crippen molar-refractivity contribution in [3.8, 4) is 0 Å². The summed E-state index contributed by atoms with van der Waals surface area (Å²) in [6.45, 7) is 2.92. The van der Waals surface area contributed by atoms with Crippen LogP contribution in [0.15, 0.2) is 47.8 Å². The molecule has 0 amide bonds. The molecule has 0 bridgehead atoms. The first-order valence-corrected chi connectivity index (χ1v) is 9.08. The monoisotopic (exact) mass is 353 g/mol. The predicted molar refractivity (Wildman–Crippen MR) is 98.9 cm³/mol. The zero-order valence-electron chi connectivity index (χ0n) is 14.7. The molecular weight excluding hydrogens is 330 g/mol. The lowest BCUT2D eigenvalue weighted by Crippen LogP contribution is -2.34. The Kier molecular flexibility index (Phi) is 4.81. The van der Waals surface area contributed by atoms with E-state index in [2.05, 4.69) is 14.5 Å². The maximum atomic E-state index is 12.9. The molecule has 2 aromatic heterocycles. The lowest BCUT2D eigenvalue weighted by Gasteiger charge is -2.26. The summed E-state index contributed by atoms with van der Waals surface area (Å²) >= 11 is 0. The molecule has 0 saturated carbocycles. The molecule has 1 N–H and O–H groups in total.